The molecule has 0 aliphatic carbocycles. The molecule has 0 amide bonds. The number of carbonyl (C=O) groups is 1. The third-order valence-electron chi connectivity index (χ3n) is 3.03. The number of rotatable bonds is 3. The summed E-state index contributed by atoms with van der Waals surface area (Å²) in [5.74, 6) is -0.835. The molecule has 0 atom stereocenters. The highest BCUT2D eigenvalue weighted by molar-refractivity contribution is 6.11. The van der Waals surface area contributed by atoms with Crippen molar-refractivity contribution in [1.29, 1.82) is 0 Å². The molecule has 1 heterocycles. The van der Waals surface area contributed by atoms with Gasteiger partial charge in [-0.1, -0.05) is 48.6 Å². The Balaban J connectivity index is 1.81. The van der Waals surface area contributed by atoms with Crippen LogP contribution in [0.4, 0.5) is 4.39 Å². The largest absolute Gasteiger partial charge is 0.402 e. The summed E-state index contributed by atoms with van der Waals surface area (Å²) in [6, 6.07) is 15.4. The molecule has 0 unspecified atom stereocenters. The van der Waals surface area contributed by atoms with Crippen molar-refractivity contribution < 1.29 is 13.9 Å². The summed E-state index contributed by atoms with van der Waals surface area (Å²) in [4.78, 5) is 15.9. The molecule has 3 nitrogen and oxygen atoms in total. The van der Waals surface area contributed by atoms with Gasteiger partial charge in [-0.05, 0) is 29.8 Å². The normalized spacial score (nSPS) is 16.1. The monoisotopic (exact) mass is 293 g/mol. The Morgan fingerprint density at radius 3 is 2.64 bits per heavy atom. The Morgan fingerprint density at radius 2 is 1.86 bits per heavy atom. The number of cyclic esters (lactones) is 1. The van der Waals surface area contributed by atoms with Gasteiger partial charge in [0.25, 0.3) is 0 Å². The van der Waals surface area contributed by atoms with Crippen molar-refractivity contribution in [2.45, 2.75) is 0 Å². The van der Waals surface area contributed by atoms with Crippen LogP contribution in [0.1, 0.15) is 11.1 Å². The third-order valence-corrected chi connectivity index (χ3v) is 3.03. The first-order valence-electron chi connectivity index (χ1n) is 6.72. The fourth-order valence-corrected chi connectivity index (χ4v) is 1.98. The number of nitrogens with zero attached hydrogens (tertiary/aromatic N) is 1. The Hall–Kier alpha value is -3.01. The molecule has 0 fully saturated rings. The molecule has 0 aromatic heterocycles. The van der Waals surface area contributed by atoms with Gasteiger partial charge in [0, 0.05) is 5.56 Å². The number of allylic oxidation sites excluding steroid dienone is 2. The summed E-state index contributed by atoms with van der Waals surface area (Å²) in [5, 5.41) is 0. The van der Waals surface area contributed by atoms with Crippen molar-refractivity contribution in [3.63, 3.8) is 0 Å². The van der Waals surface area contributed by atoms with Gasteiger partial charge in [-0.15, -0.1) is 0 Å². The first kappa shape index (κ1) is 13.9. The Bertz CT molecular complexity index is 792. The highest BCUT2D eigenvalue weighted by Crippen LogP contribution is 2.17. The number of hydrogen-bond donors (Lipinski definition) is 0. The summed E-state index contributed by atoms with van der Waals surface area (Å²) in [6.07, 6.45) is 5.15. The van der Waals surface area contributed by atoms with E-state index in [9.17, 15) is 9.18 Å². The van der Waals surface area contributed by atoms with E-state index in [4.69, 9.17) is 4.74 Å². The Labute approximate surface area is 127 Å². The zero-order valence-corrected chi connectivity index (χ0v) is 11.6. The minimum absolute atomic E-state index is 0.115. The SMILES string of the molecule is O=C1OC(c2cccc(F)c2)=N/C1=C\C=C\c1ccccc1. The second-order valence-electron chi connectivity index (χ2n) is 4.64. The molecule has 3 rings (SSSR count). The van der Waals surface area contributed by atoms with Crippen molar-refractivity contribution in [2.75, 3.05) is 0 Å². The van der Waals surface area contributed by atoms with Crippen LogP contribution >= 0.6 is 0 Å². The summed E-state index contributed by atoms with van der Waals surface area (Å²) >= 11 is 0. The van der Waals surface area contributed by atoms with E-state index < -0.39 is 11.8 Å². The highest BCUT2D eigenvalue weighted by Gasteiger charge is 2.23. The van der Waals surface area contributed by atoms with Crippen molar-refractivity contribution in [1.82, 2.24) is 0 Å². The molecule has 108 valence electrons. The van der Waals surface area contributed by atoms with Crippen molar-refractivity contribution >= 4 is 17.9 Å². The lowest BCUT2D eigenvalue weighted by atomic mass is 10.2. The zero-order chi connectivity index (χ0) is 15.4. The molecule has 2 aromatic rings. The van der Waals surface area contributed by atoms with E-state index in [2.05, 4.69) is 4.99 Å². The predicted molar refractivity (Wildman–Crippen MR) is 82.6 cm³/mol. The molecule has 0 spiro atoms. The smallest absolute Gasteiger partial charge is 0.363 e. The number of hydrogen-bond acceptors (Lipinski definition) is 3. The van der Waals surface area contributed by atoms with Crippen LogP contribution in [0.3, 0.4) is 0 Å². The molecule has 1 aliphatic rings. The number of esters is 1. The van der Waals surface area contributed by atoms with Crippen LogP contribution in [-0.2, 0) is 9.53 Å². The molecule has 0 saturated heterocycles. The van der Waals surface area contributed by atoms with Gasteiger partial charge in [0.2, 0.25) is 5.90 Å². The highest BCUT2D eigenvalue weighted by atomic mass is 19.1. The van der Waals surface area contributed by atoms with Crippen molar-refractivity contribution in [3.8, 4) is 0 Å². The maximum atomic E-state index is 13.2. The lowest BCUT2D eigenvalue weighted by Crippen LogP contribution is -2.05. The number of halogens is 1. The van der Waals surface area contributed by atoms with Crippen LogP contribution < -0.4 is 0 Å². The summed E-state index contributed by atoms with van der Waals surface area (Å²) in [5.41, 5.74) is 1.63. The first-order chi connectivity index (χ1) is 10.7. The van der Waals surface area contributed by atoms with Crippen molar-refractivity contribution in [2.24, 2.45) is 4.99 Å². The average molecular weight is 293 g/mol. The van der Waals surface area contributed by atoms with Gasteiger partial charge in [-0.25, -0.2) is 14.2 Å². The third kappa shape index (κ3) is 3.17. The summed E-state index contributed by atoms with van der Waals surface area (Å²) in [6.45, 7) is 0. The maximum absolute atomic E-state index is 13.2. The Morgan fingerprint density at radius 1 is 1.05 bits per heavy atom. The Kier molecular flexibility index (Phi) is 3.92. The number of benzene rings is 2. The molecule has 0 radical (unpaired) electrons. The number of ether oxygens (including phenoxy) is 1. The molecule has 0 saturated carbocycles. The molecule has 22 heavy (non-hydrogen) atoms. The van der Waals surface area contributed by atoms with Gasteiger partial charge in [-0.2, -0.15) is 0 Å². The zero-order valence-electron chi connectivity index (χ0n) is 11.6. The van der Waals surface area contributed by atoms with Gasteiger partial charge in [0.05, 0.1) is 0 Å². The van der Waals surface area contributed by atoms with Crippen molar-refractivity contribution in [3.05, 3.63) is 89.4 Å². The second-order valence-corrected chi connectivity index (χ2v) is 4.64. The van der Waals surface area contributed by atoms with E-state index in [1.165, 1.54) is 18.2 Å². The van der Waals surface area contributed by atoms with Gasteiger partial charge in [-0.3, -0.25) is 0 Å². The van der Waals surface area contributed by atoms with Crippen LogP contribution in [-0.4, -0.2) is 11.9 Å². The molecule has 1 aliphatic heterocycles. The van der Waals surface area contributed by atoms with E-state index >= 15 is 0 Å². The van der Waals surface area contributed by atoms with Gasteiger partial charge < -0.3 is 4.74 Å². The van der Waals surface area contributed by atoms with Crippen LogP contribution in [0.25, 0.3) is 6.08 Å². The minimum Gasteiger partial charge on any atom is -0.402 e. The first-order valence-corrected chi connectivity index (χ1v) is 6.72. The van der Waals surface area contributed by atoms with E-state index in [0.29, 0.717) is 5.56 Å². The van der Waals surface area contributed by atoms with E-state index in [0.717, 1.165) is 5.56 Å². The van der Waals surface area contributed by atoms with Crippen LogP contribution in [0.5, 0.6) is 0 Å². The standard InChI is InChI=1S/C18H12FNO2/c19-15-10-5-9-14(12-15)17-20-16(18(21)22-17)11-4-8-13-6-2-1-3-7-13/h1-12H/b8-4+,16-11-. The lowest BCUT2D eigenvalue weighted by molar-refractivity contribution is -0.130. The second kappa shape index (κ2) is 6.18. The van der Waals surface area contributed by atoms with Crippen LogP contribution in [0.15, 0.2) is 77.4 Å². The maximum Gasteiger partial charge on any atom is 0.363 e. The molecule has 0 bridgehead atoms. The van der Waals surface area contributed by atoms with E-state index in [-0.39, 0.29) is 11.6 Å². The topological polar surface area (TPSA) is 38.7 Å². The van der Waals surface area contributed by atoms with Gasteiger partial charge in [0.15, 0.2) is 5.70 Å². The van der Waals surface area contributed by atoms with Gasteiger partial charge >= 0.3 is 5.97 Å². The van der Waals surface area contributed by atoms with Gasteiger partial charge in [0.1, 0.15) is 5.82 Å². The molecular weight excluding hydrogens is 281 g/mol. The summed E-state index contributed by atoms with van der Waals surface area (Å²) in [7, 11) is 0. The van der Waals surface area contributed by atoms with E-state index in [1.807, 2.05) is 36.4 Å². The number of carbonyl (C=O) groups excluding carboxylic acids is 1. The average Bonchev–Trinajstić information content (AvgIpc) is 2.90. The van der Waals surface area contributed by atoms with Crippen LogP contribution in [0, 0.1) is 5.82 Å². The van der Waals surface area contributed by atoms with E-state index in [1.54, 1.807) is 18.2 Å². The molecular formula is C18H12FNO2. The fourth-order valence-electron chi connectivity index (χ4n) is 1.98. The molecule has 2 aromatic carbocycles. The lowest BCUT2D eigenvalue weighted by Gasteiger charge is -1.98. The fraction of sp³-hybridized carbons (Fsp3) is 0. The molecule has 4 heteroatoms. The quantitative estimate of drug-likeness (QED) is 0.639. The summed E-state index contributed by atoms with van der Waals surface area (Å²) < 4.78 is 18.2. The number of aliphatic imine (C=N–C) groups is 1. The predicted octanol–water partition coefficient (Wildman–Crippen LogP) is 3.73. The van der Waals surface area contributed by atoms with Crippen LogP contribution in [0.2, 0.25) is 0 Å². The minimum atomic E-state index is -0.544. The molecule has 0 N–H and O–H groups in total.